The normalized spacial score (nSPS) is 18.4. The number of ketones is 1. The molecule has 2 aromatic carbocycles. The molecule has 0 aromatic heterocycles. The predicted octanol–water partition coefficient (Wildman–Crippen LogP) is 8.61. The molecule has 0 saturated carbocycles. The molecule has 242 valence electrons. The van der Waals surface area contributed by atoms with Crippen molar-refractivity contribution in [3.05, 3.63) is 89.2 Å². The van der Waals surface area contributed by atoms with Crippen molar-refractivity contribution in [3.63, 3.8) is 0 Å². The summed E-state index contributed by atoms with van der Waals surface area (Å²) < 4.78 is 36.0. The summed E-state index contributed by atoms with van der Waals surface area (Å²) >= 11 is 0. The largest absolute Gasteiger partial charge is 0.344 e. The van der Waals surface area contributed by atoms with Gasteiger partial charge in [-0.25, -0.2) is 0 Å². The number of rotatable bonds is 11. The maximum absolute atomic E-state index is 12.4. The summed E-state index contributed by atoms with van der Waals surface area (Å²) in [4.78, 5) is 14.7. The average Bonchev–Trinajstić information content (AvgIpc) is 3.29. The molecule has 7 heteroatoms. The van der Waals surface area contributed by atoms with Crippen molar-refractivity contribution in [3.8, 4) is 0 Å². The average molecular weight is 632 g/mol. The molecule has 1 N–H and O–H groups in total. The van der Waals surface area contributed by atoms with Crippen molar-refractivity contribution < 1.29 is 22.3 Å². The lowest BCUT2D eigenvalue weighted by Gasteiger charge is -2.25. The Morgan fingerprint density at radius 3 is 2.29 bits per heavy atom. The van der Waals surface area contributed by atoms with Gasteiger partial charge in [-0.15, -0.1) is 0 Å². The van der Waals surface area contributed by atoms with Gasteiger partial charge in [-0.2, -0.15) is 13.0 Å². The van der Waals surface area contributed by atoms with Gasteiger partial charge < -0.3 is 4.90 Å². The number of unbranched alkanes of at least 4 members (excludes halogenated alkanes) is 2. The van der Waals surface area contributed by atoms with Gasteiger partial charge in [-0.3, -0.25) is 9.35 Å². The van der Waals surface area contributed by atoms with E-state index in [4.69, 9.17) is 0 Å². The number of anilines is 1. The molecule has 0 spiro atoms. The van der Waals surface area contributed by atoms with Crippen LogP contribution in [0.1, 0.15) is 97.8 Å². The highest BCUT2D eigenvalue weighted by atomic mass is 32.2. The molecule has 0 atom stereocenters. The highest BCUT2D eigenvalue weighted by Gasteiger charge is 2.45. The summed E-state index contributed by atoms with van der Waals surface area (Å²) in [5.74, 6) is 0.284. The number of hydrogen-bond donors (Lipinski definition) is 1. The van der Waals surface area contributed by atoms with E-state index in [1.807, 2.05) is 26.8 Å². The summed E-state index contributed by atoms with van der Waals surface area (Å²) in [7, 11) is -4.32. The molecule has 0 saturated heterocycles. The number of hydrogen-bond acceptors (Lipinski definition) is 4. The first kappa shape index (κ1) is 34.6. The van der Waals surface area contributed by atoms with Crippen LogP contribution in [0.4, 0.5) is 11.4 Å². The Balaban J connectivity index is 1.60. The van der Waals surface area contributed by atoms with E-state index in [0.717, 1.165) is 49.3 Å². The summed E-state index contributed by atoms with van der Waals surface area (Å²) in [5.41, 5.74) is 7.13. The van der Waals surface area contributed by atoms with E-state index in [1.54, 1.807) is 12.1 Å². The van der Waals surface area contributed by atoms with Crippen LogP contribution in [0.25, 0.3) is 0 Å². The Kier molecular flexibility index (Phi) is 9.87. The minimum absolute atomic E-state index is 0.0948. The van der Waals surface area contributed by atoms with E-state index in [-0.39, 0.29) is 21.5 Å². The molecule has 4 rings (SSSR count). The molecular weight excluding hydrogens is 580 g/mol. The van der Waals surface area contributed by atoms with Gasteiger partial charge in [0.2, 0.25) is 5.69 Å². The monoisotopic (exact) mass is 631 g/mol. The Morgan fingerprint density at radius 2 is 1.64 bits per heavy atom. The molecule has 0 amide bonds. The standard InChI is InChI=1S/C38H50N2O4S/c1-10-39-31-22-20-27(2)25-29(31)37(6,7)33(39)17-13-11-14-18-34-38(8,9)30-26-28(45(42,43)44)21-23-32(30)40(34)24-16-12-15-19-35(41)36(3,4)5/h11,13-14,17-18,20-23,25-26H,10,12,15-16,19,24H2,1-9H3/p+1. The zero-order valence-electron chi connectivity index (χ0n) is 28.6. The molecular formula is C38H51N2O4S+. The van der Waals surface area contributed by atoms with Crippen LogP contribution >= 0.6 is 0 Å². The quantitative estimate of drug-likeness (QED) is 0.116. The lowest BCUT2D eigenvalue weighted by molar-refractivity contribution is -0.438. The fraction of sp³-hybridized carbons (Fsp3) is 0.474. The fourth-order valence-corrected chi connectivity index (χ4v) is 7.16. The molecule has 2 aromatic rings. The molecule has 2 heterocycles. The van der Waals surface area contributed by atoms with Gasteiger partial charge in [0.05, 0.1) is 10.3 Å². The van der Waals surface area contributed by atoms with Crippen LogP contribution in [0, 0.1) is 12.3 Å². The van der Waals surface area contributed by atoms with Crippen LogP contribution < -0.4 is 4.90 Å². The smallest absolute Gasteiger partial charge is 0.294 e. The van der Waals surface area contributed by atoms with Crippen LogP contribution in [0.3, 0.4) is 0 Å². The molecule has 0 bridgehead atoms. The van der Waals surface area contributed by atoms with Crippen molar-refractivity contribution >= 4 is 33.0 Å². The molecule has 0 aliphatic carbocycles. The minimum Gasteiger partial charge on any atom is -0.344 e. The number of fused-ring (bicyclic) bond motifs is 2. The number of carbonyl (C=O) groups is 1. The van der Waals surface area contributed by atoms with E-state index >= 15 is 0 Å². The van der Waals surface area contributed by atoms with Crippen LogP contribution in [0.2, 0.25) is 0 Å². The third-order valence-electron chi connectivity index (χ3n) is 9.38. The van der Waals surface area contributed by atoms with Gasteiger partial charge in [0.1, 0.15) is 12.3 Å². The zero-order valence-corrected chi connectivity index (χ0v) is 29.4. The third kappa shape index (κ3) is 7.10. The first-order chi connectivity index (χ1) is 20.9. The lowest BCUT2D eigenvalue weighted by atomic mass is 9.81. The minimum atomic E-state index is -4.32. The summed E-state index contributed by atoms with van der Waals surface area (Å²) in [6, 6.07) is 11.6. The number of aryl methyl sites for hydroxylation is 1. The Bertz CT molecular complexity index is 1700. The summed E-state index contributed by atoms with van der Waals surface area (Å²) in [6.45, 7) is 20.6. The van der Waals surface area contributed by atoms with E-state index in [9.17, 15) is 17.8 Å². The van der Waals surface area contributed by atoms with Gasteiger partial charge in [0, 0.05) is 59.3 Å². The first-order valence-electron chi connectivity index (χ1n) is 16.1. The number of benzene rings is 2. The predicted molar refractivity (Wildman–Crippen MR) is 186 cm³/mol. The lowest BCUT2D eigenvalue weighted by Crippen LogP contribution is -2.28. The number of Topliss-reactive ketones (excluding diaryl/α,β-unsaturated/α-hetero) is 1. The molecule has 0 fully saturated rings. The number of carbonyl (C=O) groups excluding carboxylic acids is 1. The number of nitrogens with zero attached hydrogens (tertiary/aromatic N) is 2. The molecule has 2 aliphatic heterocycles. The second kappa shape index (κ2) is 12.8. The Hall–Kier alpha value is -3.29. The molecule has 2 aliphatic rings. The number of likely N-dealkylation sites (N-methyl/N-ethyl adjacent to an activating group) is 1. The van der Waals surface area contributed by atoms with Crippen LogP contribution in [-0.4, -0.2) is 42.1 Å². The van der Waals surface area contributed by atoms with Gasteiger partial charge in [-0.1, -0.05) is 70.5 Å². The number of allylic oxidation sites excluding steroid dienone is 6. The molecule has 45 heavy (non-hydrogen) atoms. The van der Waals surface area contributed by atoms with Gasteiger partial charge in [0.25, 0.3) is 10.1 Å². The topological polar surface area (TPSA) is 77.7 Å². The van der Waals surface area contributed by atoms with Crippen molar-refractivity contribution in [2.24, 2.45) is 5.41 Å². The third-order valence-corrected chi connectivity index (χ3v) is 10.2. The van der Waals surface area contributed by atoms with Gasteiger partial charge in [-0.05, 0) is 70.4 Å². The SMILES string of the molecule is CCN1C(=CC=CC=CC2=[N+](CCCCCC(=O)C(C)(C)C)c3ccc(S(=O)(=O)O)cc3C2(C)C)C(C)(C)c2cc(C)ccc21. The van der Waals surface area contributed by atoms with Crippen molar-refractivity contribution in [1.29, 1.82) is 0 Å². The van der Waals surface area contributed by atoms with Crippen LogP contribution in [0.15, 0.2) is 77.4 Å². The second-order valence-electron chi connectivity index (χ2n) is 14.5. The fourth-order valence-electron chi connectivity index (χ4n) is 6.65. The summed E-state index contributed by atoms with van der Waals surface area (Å²) in [6.07, 6.45) is 13.8. The van der Waals surface area contributed by atoms with Crippen molar-refractivity contribution in [2.45, 2.75) is 104 Å². The summed E-state index contributed by atoms with van der Waals surface area (Å²) in [5, 5.41) is 0. The highest BCUT2D eigenvalue weighted by Crippen LogP contribution is 2.48. The van der Waals surface area contributed by atoms with Gasteiger partial charge in [0.15, 0.2) is 5.71 Å². The Morgan fingerprint density at radius 1 is 0.933 bits per heavy atom. The zero-order chi connectivity index (χ0) is 33.4. The van der Waals surface area contributed by atoms with E-state index < -0.39 is 15.5 Å². The first-order valence-corrected chi connectivity index (χ1v) is 17.6. The van der Waals surface area contributed by atoms with E-state index in [0.29, 0.717) is 6.42 Å². The molecule has 0 radical (unpaired) electrons. The Labute approximate surface area is 271 Å². The maximum Gasteiger partial charge on any atom is 0.294 e. The molecule has 6 nitrogen and oxygen atoms in total. The van der Waals surface area contributed by atoms with Crippen molar-refractivity contribution in [2.75, 3.05) is 18.0 Å². The van der Waals surface area contributed by atoms with E-state index in [2.05, 4.69) is 93.5 Å². The van der Waals surface area contributed by atoms with Crippen molar-refractivity contribution in [1.82, 2.24) is 0 Å². The molecule has 0 unspecified atom stereocenters. The van der Waals surface area contributed by atoms with Gasteiger partial charge >= 0.3 is 0 Å². The maximum atomic E-state index is 12.4. The highest BCUT2D eigenvalue weighted by molar-refractivity contribution is 7.85. The van der Waals surface area contributed by atoms with Crippen LogP contribution in [-0.2, 0) is 25.7 Å². The van der Waals surface area contributed by atoms with E-state index in [1.165, 1.54) is 28.6 Å². The second-order valence-corrected chi connectivity index (χ2v) is 15.9. The van der Waals surface area contributed by atoms with Crippen LogP contribution in [0.5, 0.6) is 0 Å².